The van der Waals surface area contributed by atoms with Gasteiger partial charge in [-0.1, -0.05) is 34.1 Å². The zero-order chi connectivity index (χ0) is 7.78. The summed E-state index contributed by atoms with van der Waals surface area (Å²) in [5.74, 6) is 1.96. The molecule has 1 aliphatic rings. The molecule has 0 bridgehead atoms. The molecule has 0 spiro atoms. The molecular formula is C10H20. The third-order valence-corrected chi connectivity index (χ3v) is 3.16. The predicted octanol–water partition coefficient (Wildman–Crippen LogP) is 3.47. The number of hydrogen-bond donors (Lipinski definition) is 0. The third-order valence-electron chi connectivity index (χ3n) is 3.16. The van der Waals surface area contributed by atoms with Gasteiger partial charge in [-0.15, -0.1) is 0 Å². The summed E-state index contributed by atoms with van der Waals surface area (Å²) < 4.78 is 0. The van der Waals surface area contributed by atoms with Crippen molar-refractivity contribution in [2.75, 3.05) is 0 Å². The summed E-state index contributed by atoms with van der Waals surface area (Å²) in [4.78, 5) is 0. The molecule has 0 radical (unpaired) electrons. The van der Waals surface area contributed by atoms with E-state index in [0.717, 1.165) is 11.8 Å². The minimum absolute atomic E-state index is 0.633. The second kappa shape index (κ2) is 2.56. The van der Waals surface area contributed by atoms with Crippen LogP contribution in [0.25, 0.3) is 0 Å². The van der Waals surface area contributed by atoms with Crippen molar-refractivity contribution in [1.82, 2.24) is 0 Å². The first kappa shape index (κ1) is 8.10. The maximum atomic E-state index is 2.42. The van der Waals surface area contributed by atoms with E-state index >= 15 is 0 Å². The van der Waals surface area contributed by atoms with E-state index < -0.39 is 0 Å². The Labute approximate surface area is 65.0 Å². The summed E-state index contributed by atoms with van der Waals surface area (Å²) in [6.07, 6.45) is 4.27. The molecule has 0 heteroatoms. The van der Waals surface area contributed by atoms with Crippen LogP contribution in [0.2, 0.25) is 0 Å². The summed E-state index contributed by atoms with van der Waals surface area (Å²) in [6.45, 7) is 9.55. The average Bonchev–Trinajstić information content (AvgIpc) is 2.04. The van der Waals surface area contributed by atoms with Crippen LogP contribution >= 0.6 is 0 Å². The molecule has 2 atom stereocenters. The summed E-state index contributed by atoms with van der Waals surface area (Å²) in [7, 11) is 0. The lowest BCUT2D eigenvalue weighted by Gasteiger charge is -2.25. The van der Waals surface area contributed by atoms with Crippen molar-refractivity contribution in [2.24, 2.45) is 17.3 Å². The van der Waals surface area contributed by atoms with E-state index in [4.69, 9.17) is 0 Å². The molecule has 0 aromatic rings. The molecule has 1 fully saturated rings. The van der Waals surface area contributed by atoms with E-state index in [1.54, 1.807) is 0 Å². The fourth-order valence-electron chi connectivity index (χ4n) is 2.67. The highest BCUT2D eigenvalue weighted by Crippen LogP contribution is 2.47. The molecule has 0 nitrogen and oxygen atoms in total. The molecule has 0 amide bonds. The van der Waals surface area contributed by atoms with Gasteiger partial charge in [0.25, 0.3) is 0 Å². The Morgan fingerprint density at radius 2 is 2.00 bits per heavy atom. The van der Waals surface area contributed by atoms with Crippen molar-refractivity contribution in [3.8, 4) is 0 Å². The van der Waals surface area contributed by atoms with Crippen LogP contribution in [-0.4, -0.2) is 0 Å². The Hall–Kier alpha value is 0. The second-order valence-corrected chi connectivity index (χ2v) is 4.64. The van der Waals surface area contributed by atoms with Crippen molar-refractivity contribution in [1.29, 1.82) is 0 Å². The summed E-state index contributed by atoms with van der Waals surface area (Å²) >= 11 is 0. The Morgan fingerprint density at radius 3 is 2.20 bits per heavy atom. The smallest absolute Gasteiger partial charge is 0.0323 e. The van der Waals surface area contributed by atoms with Gasteiger partial charge in [-0.3, -0.25) is 0 Å². The molecule has 0 heterocycles. The minimum atomic E-state index is 0.633. The van der Waals surface area contributed by atoms with Gasteiger partial charge in [-0.2, -0.15) is 0 Å². The van der Waals surface area contributed by atoms with Crippen LogP contribution in [0.4, 0.5) is 0 Å². The second-order valence-electron chi connectivity index (χ2n) is 4.64. The Kier molecular flexibility index (Phi) is 2.07. The fraction of sp³-hybridized carbons (Fsp3) is 1.00. The highest BCUT2D eigenvalue weighted by molar-refractivity contribution is 4.87. The quantitative estimate of drug-likeness (QED) is 0.523. The molecule has 1 aliphatic carbocycles. The van der Waals surface area contributed by atoms with Gasteiger partial charge in [0, 0.05) is 0 Å². The summed E-state index contributed by atoms with van der Waals surface area (Å²) in [5.41, 5.74) is 0.633. The minimum Gasteiger partial charge on any atom is -0.0651 e. The largest absolute Gasteiger partial charge is 0.0651 e. The van der Waals surface area contributed by atoms with Crippen molar-refractivity contribution in [2.45, 2.75) is 47.0 Å². The molecule has 0 N–H and O–H groups in total. The van der Waals surface area contributed by atoms with Gasteiger partial charge in [0.1, 0.15) is 0 Å². The van der Waals surface area contributed by atoms with E-state index in [0.29, 0.717) is 5.41 Å². The predicted molar refractivity (Wildman–Crippen MR) is 46.0 cm³/mol. The Morgan fingerprint density at radius 1 is 1.40 bits per heavy atom. The first-order valence-corrected chi connectivity index (χ1v) is 4.56. The molecule has 0 aromatic carbocycles. The zero-order valence-electron chi connectivity index (χ0n) is 7.78. The van der Waals surface area contributed by atoms with Crippen molar-refractivity contribution in [3.63, 3.8) is 0 Å². The van der Waals surface area contributed by atoms with Crippen LogP contribution in [-0.2, 0) is 0 Å². The summed E-state index contributed by atoms with van der Waals surface area (Å²) in [5, 5.41) is 0. The lowest BCUT2D eigenvalue weighted by molar-refractivity contribution is 0.252. The maximum Gasteiger partial charge on any atom is -0.0323 e. The molecule has 0 aromatic heterocycles. The topological polar surface area (TPSA) is 0 Å². The van der Waals surface area contributed by atoms with Gasteiger partial charge in [-0.05, 0) is 30.1 Å². The van der Waals surface area contributed by atoms with Gasteiger partial charge in [0.15, 0.2) is 0 Å². The molecule has 10 heavy (non-hydrogen) atoms. The molecule has 1 saturated carbocycles. The fourth-order valence-corrected chi connectivity index (χ4v) is 2.67. The van der Waals surface area contributed by atoms with Gasteiger partial charge in [-0.25, -0.2) is 0 Å². The first-order chi connectivity index (χ1) is 4.56. The number of hydrogen-bond acceptors (Lipinski definition) is 0. The van der Waals surface area contributed by atoms with E-state index in [1.807, 2.05) is 0 Å². The molecule has 2 unspecified atom stereocenters. The van der Waals surface area contributed by atoms with E-state index in [1.165, 1.54) is 19.3 Å². The van der Waals surface area contributed by atoms with Crippen LogP contribution in [0.15, 0.2) is 0 Å². The van der Waals surface area contributed by atoms with Crippen molar-refractivity contribution in [3.05, 3.63) is 0 Å². The monoisotopic (exact) mass is 140 g/mol. The van der Waals surface area contributed by atoms with Crippen LogP contribution in [0.5, 0.6) is 0 Å². The normalized spacial score (nSPS) is 38.4. The van der Waals surface area contributed by atoms with Gasteiger partial charge in [0.2, 0.25) is 0 Å². The molecule has 0 aliphatic heterocycles. The Balaban J connectivity index is 2.58. The van der Waals surface area contributed by atoms with Crippen LogP contribution in [0.1, 0.15) is 47.0 Å². The Bertz CT molecular complexity index is 113. The SMILES string of the molecule is CCC1CC(C)CC1(C)C. The van der Waals surface area contributed by atoms with Crippen molar-refractivity contribution < 1.29 is 0 Å². The lowest BCUT2D eigenvalue weighted by Crippen LogP contribution is -2.15. The van der Waals surface area contributed by atoms with Crippen LogP contribution in [0.3, 0.4) is 0 Å². The van der Waals surface area contributed by atoms with Gasteiger partial charge in [0.05, 0.1) is 0 Å². The molecule has 0 saturated heterocycles. The average molecular weight is 140 g/mol. The van der Waals surface area contributed by atoms with Crippen LogP contribution < -0.4 is 0 Å². The van der Waals surface area contributed by atoms with E-state index in [2.05, 4.69) is 27.7 Å². The highest BCUT2D eigenvalue weighted by atomic mass is 14.4. The van der Waals surface area contributed by atoms with E-state index in [-0.39, 0.29) is 0 Å². The third kappa shape index (κ3) is 1.36. The van der Waals surface area contributed by atoms with Crippen molar-refractivity contribution >= 4 is 0 Å². The van der Waals surface area contributed by atoms with Gasteiger partial charge < -0.3 is 0 Å². The lowest BCUT2D eigenvalue weighted by atomic mass is 9.80. The first-order valence-electron chi connectivity index (χ1n) is 4.56. The van der Waals surface area contributed by atoms with Gasteiger partial charge >= 0.3 is 0 Å². The molecule has 1 rings (SSSR count). The van der Waals surface area contributed by atoms with Crippen LogP contribution in [0, 0.1) is 17.3 Å². The molecule has 60 valence electrons. The maximum absolute atomic E-state index is 2.42. The highest BCUT2D eigenvalue weighted by Gasteiger charge is 2.36. The zero-order valence-corrected chi connectivity index (χ0v) is 7.78. The van der Waals surface area contributed by atoms with E-state index in [9.17, 15) is 0 Å². The number of rotatable bonds is 1. The standard InChI is InChI=1S/C10H20/c1-5-9-6-8(2)7-10(9,3)4/h8-9H,5-7H2,1-4H3. The summed E-state index contributed by atoms with van der Waals surface area (Å²) in [6, 6.07) is 0. The molecular weight excluding hydrogens is 120 g/mol.